The molecule has 0 spiro atoms. The Bertz CT molecular complexity index is 975. The average Bonchev–Trinajstić information content (AvgIpc) is 2.72. The predicted octanol–water partition coefficient (Wildman–Crippen LogP) is 7.73. The van der Waals surface area contributed by atoms with Crippen LogP contribution in [0.5, 0.6) is 0 Å². The van der Waals surface area contributed by atoms with Crippen LogP contribution in [0, 0.1) is 0 Å². The number of rotatable bonds is 6. The van der Waals surface area contributed by atoms with E-state index in [1.165, 1.54) is 40.7 Å². The summed E-state index contributed by atoms with van der Waals surface area (Å²) in [4.78, 5) is 11.9. The fourth-order valence-electron chi connectivity index (χ4n) is 4.76. The van der Waals surface area contributed by atoms with Gasteiger partial charge in [-0.15, -0.1) is 0 Å². The second-order valence-electron chi connectivity index (χ2n) is 10.2. The van der Waals surface area contributed by atoms with Crippen LogP contribution in [0.4, 0.5) is 0 Å². The summed E-state index contributed by atoms with van der Waals surface area (Å²) in [6.45, 7) is 16.2. The van der Waals surface area contributed by atoms with Crippen molar-refractivity contribution in [3.8, 4) is 0 Å². The molecule has 0 atom stereocenters. The van der Waals surface area contributed by atoms with E-state index in [0.717, 1.165) is 18.4 Å². The van der Waals surface area contributed by atoms with E-state index in [-0.39, 0.29) is 16.8 Å². The van der Waals surface area contributed by atoms with Gasteiger partial charge in [-0.2, -0.15) is 0 Å². The van der Waals surface area contributed by atoms with Gasteiger partial charge in [-0.3, -0.25) is 0 Å². The minimum atomic E-state index is -0.264. The molecule has 31 heavy (non-hydrogen) atoms. The second-order valence-corrected chi connectivity index (χ2v) is 10.2. The van der Waals surface area contributed by atoms with E-state index in [1.54, 1.807) is 0 Å². The maximum absolute atomic E-state index is 11.9. The van der Waals surface area contributed by atoms with E-state index < -0.39 is 0 Å². The lowest BCUT2D eigenvalue weighted by Crippen LogP contribution is -2.34. The molecular weight excluding hydrogens is 380 g/mol. The summed E-state index contributed by atoms with van der Waals surface area (Å²) in [5.74, 6) is -0.264. The molecule has 0 bridgehead atoms. The minimum absolute atomic E-state index is 0.200. The number of allylic oxidation sites excluding steroid dienone is 1. The third kappa shape index (κ3) is 4.95. The highest BCUT2D eigenvalue weighted by Gasteiger charge is 2.37. The molecule has 166 valence electrons. The van der Waals surface area contributed by atoms with E-state index in [2.05, 4.69) is 59.8 Å². The molecule has 0 amide bonds. The molecule has 1 aliphatic rings. The first-order valence-electron chi connectivity index (χ1n) is 11.7. The molecule has 2 aromatic rings. The number of ether oxygens (including phenoxy) is 1. The highest BCUT2D eigenvalue weighted by Crippen LogP contribution is 2.47. The third-order valence-electron chi connectivity index (χ3n) is 6.83. The monoisotopic (exact) mass is 418 g/mol. The van der Waals surface area contributed by atoms with Crippen molar-refractivity contribution < 1.29 is 9.53 Å². The first-order chi connectivity index (χ1) is 14.6. The number of hydrogen-bond acceptors (Lipinski definition) is 2. The number of carbonyl (C=O) groups is 1. The fraction of sp³-hybridized carbons (Fsp3) is 0.483. The lowest BCUT2D eigenvalue weighted by molar-refractivity contribution is 0.0526. The molecule has 2 aromatic carbocycles. The number of aryl methyl sites for hydroxylation is 1. The third-order valence-corrected chi connectivity index (χ3v) is 6.83. The quantitative estimate of drug-likeness (QED) is 0.354. The van der Waals surface area contributed by atoms with Crippen LogP contribution in [0.15, 0.2) is 36.4 Å². The van der Waals surface area contributed by atoms with E-state index in [9.17, 15) is 4.79 Å². The fourth-order valence-corrected chi connectivity index (χ4v) is 4.76. The summed E-state index contributed by atoms with van der Waals surface area (Å²) in [6.07, 6.45) is 6.91. The molecule has 2 nitrogen and oxygen atoms in total. The molecule has 0 radical (unpaired) electrons. The molecule has 0 heterocycles. The lowest BCUT2D eigenvalue weighted by atomic mass is 9.62. The smallest absolute Gasteiger partial charge is 0.338 e. The van der Waals surface area contributed by atoms with Crippen LogP contribution in [0.25, 0.3) is 11.6 Å². The van der Waals surface area contributed by atoms with Gasteiger partial charge in [0.25, 0.3) is 0 Å². The average molecular weight is 419 g/mol. The molecule has 1 aliphatic carbocycles. The van der Waals surface area contributed by atoms with Crippen LogP contribution >= 0.6 is 0 Å². The van der Waals surface area contributed by atoms with Crippen LogP contribution in [-0.4, -0.2) is 12.6 Å². The number of fused-ring (bicyclic) bond motifs is 1. The number of hydrogen-bond donors (Lipinski definition) is 0. The molecule has 0 fully saturated rings. The SMILES string of the molecule is CCCc1cc2c(cc1/C(C)=C/c1ccc(C(=O)OCC)cc1)C(C)(C)CCC2(C)C. The molecule has 0 aromatic heterocycles. The summed E-state index contributed by atoms with van der Waals surface area (Å²) in [6, 6.07) is 12.7. The topological polar surface area (TPSA) is 26.3 Å². The van der Waals surface area contributed by atoms with Gasteiger partial charge in [0.05, 0.1) is 12.2 Å². The number of carbonyl (C=O) groups excluding carboxylic acids is 1. The first kappa shape index (κ1) is 23.3. The molecular formula is C29H38O2. The molecule has 0 saturated heterocycles. The van der Waals surface area contributed by atoms with Crippen molar-refractivity contribution in [1.29, 1.82) is 0 Å². The van der Waals surface area contributed by atoms with Crippen molar-refractivity contribution in [2.45, 2.75) is 85.0 Å². The zero-order valence-corrected chi connectivity index (χ0v) is 20.4. The van der Waals surface area contributed by atoms with Crippen LogP contribution in [0.1, 0.15) is 106 Å². The first-order valence-corrected chi connectivity index (χ1v) is 11.7. The molecule has 0 aliphatic heterocycles. The van der Waals surface area contributed by atoms with Crippen molar-refractivity contribution in [2.75, 3.05) is 6.61 Å². The van der Waals surface area contributed by atoms with Crippen molar-refractivity contribution in [3.63, 3.8) is 0 Å². The zero-order valence-electron chi connectivity index (χ0n) is 20.4. The Hall–Kier alpha value is -2.35. The van der Waals surface area contributed by atoms with Gasteiger partial charge < -0.3 is 4.74 Å². The normalized spacial score (nSPS) is 17.2. The number of esters is 1. The highest BCUT2D eigenvalue weighted by molar-refractivity contribution is 5.90. The van der Waals surface area contributed by atoms with Crippen LogP contribution in [0.3, 0.4) is 0 Å². The van der Waals surface area contributed by atoms with Crippen LogP contribution < -0.4 is 0 Å². The molecule has 3 rings (SSSR count). The minimum Gasteiger partial charge on any atom is -0.462 e. The van der Waals surface area contributed by atoms with Gasteiger partial charge in [0.15, 0.2) is 0 Å². The summed E-state index contributed by atoms with van der Waals surface area (Å²) >= 11 is 0. The Morgan fingerprint density at radius 3 is 2.10 bits per heavy atom. The van der Waals surface area contributed by atoms with Gasteiger partial charge in [-0.05, 0) is 89.5 Å². The van der Waals surface area contributed by atoms with Crippen molar-refractivity contribution in [2.24, 2.45) is 0 Å². The summed E-state index contributed by atoms with van der Waals surface area (Å²) < 4.78 is 5.10. The molecule has 2 heteroatoms. The van der Waals surface area contributed by atoms with Gasteiger partial charge >= 0.3 is 5.97 Å². The summed E-state index contributed by atoms with van der Waals surface area (Å²) in [5.41, 5.74) is 9.25. The molecule has 0 saturated carbocycles. The predicted molar refractivity (Wildman–Crippen MR) is 132 cm³/mol. The van der Waals surface area contributed by atoms with Crippen molar-refractivity contribution in [3.05, 3.63) is 69.8 Å². The van der Waals surface area contributed by atoms with E-state index in [0.29, 0.717) is 12.2 Å². The van der Waals surface area contributed by atoms with Crippen molar-refractivity contribution >= 4 is 17.6 Å². The standard InChI is InChI=1S/C29H38O2/c1-8-10-23-18-25-26(29(6,7)16-15-28(25,4)5)19-24(23)20(3)17-21-11-13-22(14-12-21)27(30)31-9-2/h11-14,17-19H,8-10,15-16H2,1-7H3/b20-17+. The summed E-state index contributed by atoms with van der Waals surface area (Å²) in [5, 5.41) is 0. The Kier molecular flexibility index (Phi) is 6.79. The van der Waals surface area contributed by atoms with Gasteiger partial charge in [-0.1, -0.05) is 71.4 Å². The lowest BCUT2D eigenvalue weighted by Gasteiger charge is -2.42. The maximum atomic E-state index is 11.9. The Morgan fingerprint density at radius 2 is 1.55 bits per heavy atom. The highest BCUT2D eigenvalue weighted by atomic mass is 16.5. The van der Waals surface area contributed by atoms with E-state index >= 15 is 0 Å². The Labute approximate surface area is 188 Å². The zero-order chi connectivity index (χ0) is 22.8. The Balaban J connectivity index is 2.04. The number of benzene rings is 2. The maximum Gasteiger partial charge on any atom is 0.338 e. The molecule has 0 unspecified atom stereocenters. The van der Waals surface area contributed by atoms with Crippen molar-refractivity contribution in [1.82, 2.24) is 0 Å². The van der Waals surface area contributed by atoms with E-state index in [1.807, 2.05) is 31.2 Å². The van der Waals surface area contributed by atoms with Gasteiger partial charge in [0.1, 0.15) is 0 Å². The van der Waals surface area contributed by atoms with Gasteiger partial charge in [-0.25, -0.2) is 4.79 Å². The van der Waals surface area contributed by atoms with Crippen LogP contribution in [0.2, 0.25) is 0 Å². The van der Waals surface area contributed by atoms with Gasteiger partial charge in [0.2, 0.25) is 0 Å². The molecule has 0 N–H and O–H groups in total. The Morgan fingerprint density at radius 1 is 0.968 bits per heavy atom. The summed E-state index contributed by atoms with van der Waals surface area (Å²) in [7, 11) is 0. The van der Waals surface area contributed by atoms with Crippen LogP contribution in [-0.2, 0) is 22.0 Å². The second kappa shape index (κ2) is 9.02. The van der Waals surface area contributed by atoms with Gasteiger partial charge in [0, 0.05) is 0 Å². The van der Waals surface area contributed by atoms with E-state index in [4.69, 9.17) is 4.74 Å². The largest absolute Gasteiger partial charge is 0.462 e.